The van der Waals surface area contributed by atoms with E-state index in [0.717, 1.165) is 0 Å². The van der Waals surface area contributed by atoms with Crippen molar-refractivity contribution < 1.29 is 31.9 Å². The molecule has 0 spiro atoms. The summed E-state index contributed by atoms with van der Waals surface area (Å²) in [7, 11) is -1.05. The second-order valence-corrected chi connectivity index (χ2v) is 10.1. The lowest BCUT2D eigenvalue weighted by Crippen LogP contribution is -2.24. The van der Waals surface area contributed by atoms with Gasteiger partial charge in [-0.3, -0.25) is 9.69 Å². The lowest BCUT2D eigenvalue weighted by Gasteiger charge is -2.18. The van der Waals surface area contributed by atoms with Crippen LogP contribution in [0.5, 0.6) is 5.75 Å². The first-order valence-electron chi connectivity index (χ1n) is 11.0. The van der Waals surface area contributed by atoms with Crippen LogP contribution in [0.25, 0.3) is 6.08 Å². The lowest BCUT2D eigenvalue weighted by molar-refractivity contribution is -0.136. The van der Waals surface area contributed by atoms with Crippen LogP contribution in [0.1, 0.15) is 18.4 Å². The van der Waals surface area contributed by atoms with E-state index in [1.165, 1.54) is 49.5 Å². The number of hydrogen-bond donors (Lipinski definition) is 1. The first-order chi connectivity index (χ1) is 17.6. The van der Waals surface area contributed by atoms with Crippen LogP contribution in [-0.2, 0) is 30.9 Å². The van der Waals surface area contributed by atoms with Gasteiger partial charge in [0.2, 0.25) is 10.0 Å². The Labute approximate surface area is 219 Å². The van der Waals surface area contributed by atoms with Crippen LogP contribution in [0, 0.1) is 0 Å². The summed E-state index contributed by atoms with van der Waals surface area (Å²) in [6, 6.07) is 15.8. The zero-order valence-corrected chi connectivity index (χ0v) is 21.7. The zero-order chi connectivity index (χ0) is 26.7. The number of furan rings is 1. The van der Waals surface area contributed by atoms with Gasteiger partial charge in [-0.2, -0.15) is 0 Å². The summed E-state index contributed by atoms with van der Waals surface area (Å²) in [6.07, 6.45) is 1.43. The van der Waals surface area contributed by atoms with Crippen molar-refractivity contribution in [3.63, 3.8) is 0 Å². The molecule has 2 heterocycles. The molecule has 11 heteroatoms. The minimum atomic E-state index is -3.80. The Hall–Kier alpha value is -3.86. The van der Waals surface area contributed by atoms with Crippen molar-refractivity contribution in [2.75, 3.05) is 19.1 Å². The molecule has 37 heavy (non-hydrogen) atoms. The van der Waals surface area contributed by atoms with E-state index >= 15 is 0 Å². The highest BCUT2D eigenvalue weighted by Gasteiger charge is 2.38. The molecule has 1 aliphatic rings. The number of amides is 1. The number of esters is 1. The largest absolute Gasteiger partial charge is 0.497 e. The van der Waals surface area contributed by atoms with Gasteiger partial charge in [0.05, 0.1) is 42.5 Å². The molecule has 0 fully saturated rings. The van der Waals surface area contributed by atoms with Crippen molar-refractivity contribution in [2.24, 2.45) is 0 Å². The van der Waals surface area contributed by atoms with Gasteiger partial charge in [-0.25, -0.2) is 17.9 Å². The topological polar surface area (TPSA) is 115 Å². The molecule has 0 aliphatic carbocycles. The standard InChI is InChI=1S/C26H23ClN2O7S/c1-16-24(26(31)35-3)23(25(30)29(16)18-5-4-6-19(13-18)34-2)14-20-9-10-21(36-20)15-28-37(32,33)22-11-7-17(27)8-12-22/h4-14,28H,15H2,1-3H3/b23-14+. The monoisotopic (exact) mass is 542 g/mol. The van der Waals surface area contributed by atoms with E-state index in [2.05, 4.69) is 4.72 Å². The number of hydrogen-bond acceptors (Lipinski definition) is 7. The second-order valence-electron chi connectivity index (χ2n) is 7.93. The smallest absolute Gasteiger partial charge is 0.340 e. The maximum absolute atomic E-state index is 13.4. The number of methoxy groups -OCH3 is 2. The number of halogens is 1. The van der Waals surface area contributed by atoms with E-state index in [1.54, 1.807) is 43.3 Å². The third-order valence-corrected chi connectivity index (χ3v) is 7.30. The summed E-state index contributed by atoms with van der Waals surface area (Å²) in [5, 5.41) is 0.421. The Morgan fingerprint density at radius 1 is 1.11 bits per heavy atom. The lowest BCUT2D eigenvalue weighted by atomic mass is 10.1. The van der Waals surface area contributed by atoms with E-state index in [9.17, 15) is 18.0 Å². The van der Waals surface area contributed by atoms with E-state index < -0.39 is 21.9 Å². The number of rotatable bonds is 8. The molecule has 9 nitrogen and oxygen atoms in total. The highest BCUT2D eigenvalue weighted by Crippen LogP contribution is 2.36. The van der Waals surface area contributed by atoms with Crippen molar-refractivity contribution in [1.82, 2.24) is 4.72 Å². The molecule has 0 unspecified atom stereocenters. The molecule has 1 aliphatic heterocycles. The molecule has 0 radical (unpaired) electrons. The summed E-state index contributed by atoms with van der Waals surface area (Å²) in [6.45, 7) is 1.51. The molecular formula is C26H23ClN2O7S. The van der Waals surface area contributed by atoms with Crippen molar-refractivity contribution in [2.45, 2.75) is 18.4 Å². The predicted octanol–water partition coefficient (Wildman–Crippen LogP) is 4.30. The van der Waals surface area contributed by atoms with E-state index in [0.29, 0.717) is 27.9 Å². The van der Waals surface area contributed by atoms with Crippen LogP contribution >= 0.6 is 11.6 Å². The second kappa shape index (κ2) is 10.6. The fraction of sp³-hybridized carbons (Fsp3) is 0.154. The Kier molecular flexibility index (Phi) is 7.53. The summed E-state index contributed by atoms with van der Waals surface area (Å²) in [5.41, 5.74) is 1.08. The van der Waals surface area contributed by atoms with Crippen molar-refractivity contribution >= 4 is 45.3 Å². The Balaban J connectivity index is 1.60. The van der Waals surface area contributed by atoms with Crippen LogP contribution in [0.4, 0.5) is 5.69 Å². The fourth-order valence-electron chi connectivity index (χ4n) is 3.81. The number of carbonyl (C=O) groups is 2. The summed E-state index contributed by atoms with van der Waals surface area (Å²) in [5.74, 6) is -0.0186. The summed E-state index contributed by atoms with van der Waals surface area (Å²) >= 11 is 5.82. The van der Waals surface area contributed by atoms with Crippen LogP contribution in [0.2, 0.25) is 5.02 Å². The molecule has 1 aromatic heterocycles. The first-order valence-corrected chi connectivity index (χ1v) is 12.8. The number of carbonyl (C=O) groups excluding carboxylic acids is 2. The van der Waals surface area contributed by atoms with Crippen LogP contribution in [-0.4, -0.2) is 34.5 Å². The van der Waals surface area contributed by atoms with Crippen molar-refractivity contribution in [1.29, 1.82) is 0 Å². The van der Waals surface area contributed by atoms with Gasteiger partial charge in [0.1, 0.15) is 17.3 Å². The van der Waals surface area contributed by atoms with E-state index in [-0.39, 0.29) is 28.3 Å². The van der Waals surface area contributed by atoms with E-state index in [1.807, 2.05) is 0 Å². The number of ether oxygens (including phenoxy) is 2. The van der Waals surface area contributed by atoms with Gasteiger partial charge in [0.25, 0.3) is 5.91 Å². The Bertz CT molecular complexity index is 1520. The molecule has 0 saturated carbocycles. The van der Waals surface area contributed by atoms with Gasteiger partial charge >= 0.3 is 5.97 Å². The average molecular weight is 543 g/mol. The average Bonchev–Trinajstić information content (AvgIpc) is 3.44. The highest BCUT2D eigenvalue weighted by atomic mass is 35.5. The van der Waals surface area contributed by atoms with Gasteiger partial charge in [-0.1, -0.05) is 17.7 Å². The molecule has 4 rings (SSSR count). The van der Waals surface area contributed by atoms with Crippen LogP contribution in [0.3, 0.4) is 0 Å². The van der Waals surface area contributed by atoms with Gasteiger partial charge in [-0.05, 0) is 61.5 Å². The number of nitrogens with one attached hydrogen (secondary N) is 1. The first kappa shape index (κ1) is 26.2. The molecule has 1 amide bonds. The molecular weight excluding hydrogens is 520 g/mol. The molecule has 2 aromatic carbocycles. The van der Waals surface area contributed by atoms with Crippen molar-refractivity contribution in [3.05, 3.63) is 94.1 Å². The minimum Gasteiger partial charge on any atom is -0.497 e. The van der Waals surface area contributed by atoms with Crippen LogP contribution in [0.15, 0.2) is 86.8 Å². The third kappa shape index (κ3) is 5.46. The molecule has 0 saturated heterocycles. The SMILES string of the molecule is COC(=O)C1=C(C)N(c2cccc(OC)c2)C(=O)/C1=C/c1ccc(CNS(=O)(=O)c2ccc(Cl)cc2)o1. The number of nitrogens with zero attached hydrogens (tertiary/aromatic N) is 1. The molecule has 0 atom stereocenters. The molecule has 0 bridgehead atoms. The third-order valence-electron chi connectivity index (χ3n) is 5.63. The Morgan fingerprint density at radius 2 is 1.84 bits per heavy atom. The van der Waals surface area contributed by atoms with Gasteiger partial charge in [-0.15, -0.1) is 0 Å². The quantitative estimate of drug-likeness (QED) is 0.333. The maximum Gasteiger partial charge on any atom is 0.340 e. The minimum absolute atomic E-state index is 0.0586. The fourth-order valence-corrected chi connectivity index (χ4v) is 4.93. The van der Waals surface area contributed by atoms with E-state index in [4.69, 9.17) is 25.5 Å². The number of allylic oxidation sites excluding steroid dienone is 1. The molecule has 3 aromatic rings. The molecule has 1 N–H and O–H groups in total. The number of anilines is 1. The number of sulfonamides is 1. The zero-order valence-electron chi connectivity index (χ0n) is 20.1. The maximum atomic E-state index is 13.4. The normalized spacial score (nSPS) is 15.0. The summed E-state index contributed by atoms with van der Waals surface area (Å²) in [4.78, 5) is 27.5. The number of benzene rings is 2. The Morgan fingerprint density at radius 3 is 2.51 bits per heavy atom. The van der Waals surface area contributed by atoms with Crippen LogP contribution < -0.4 is 14.4 Å². The van der Waals surface area contributed by atoms with Crippen molar-refractivity contribution in [3.8, 4) is 5.75 Å². The predicted molar refractivity (Wildman–Crippen MR) is 137 cm³/mol. The van der Waals surface area contributed by atoms with Gasteiger partial charge in [0.15, 0.2) is 0 Å². The summed E-state index contributed by atoms with van der Waals surface area (Å²) < 4.78 is 43.4. The highest BCUT2D eigenvalue weighted by molar-refractivity contribution is 7.89. The van der Waals surface area contributed by atoms with Gasteiger partial charge < -0.3 is 13.9 Å². The molecule has 192 valence electrons. The van der Waals surface area contributed by atoms with Gasteiger partial charge in [0, 0.05) is 16.8 Å².